The highest BCUT2D eigenvalue weighted by atomic mass is 32.1. The Morgan fingerprint density at radius 2 is 1.94 bits per heavy atom. The Labute approximate surface area is 197 Å². The molecule has 1 N–H and O–H groups in total. The number of pyridine rings is 2. The second-order valence-electron chi connectivity index (χ2n) is 7.51. The van der Waals surface area contributed by atoms with Gasteiger partial charge in [0.1, 0.15) is 11.3 Å². The molecule has 0 aliphatic carbocycles. The number of rotatable bonds is 5. The molecule has 5 heterocycles. The Bertz CT molecular complexity index is 1370. The molecule has 1 fully saturated rings. The molecule has 0 saturated carbocycles. The van der Waals surface area contributed by atoms with E-state index in [0.29, 0.717) is 57.2 Å². The van der Waals surface area contributed by atoms with Gasteiger partial charge in [0.2, 0.25) is 11.9 Å². The van der Waals surface area contributed by atoms with Crippen molar-refractivity contribution in [3.63, 3.8) is 0 Å². The van der Waals surface area contributed by atoms with Crippen LogP contribution in [0.15, 0.2) is 30.7 Å². The number of nitrogens with one attached hydrogen (secondary N) is 1. The van der Waals surface area contributed by atoms with Gasteiger partial charge in [-0.2, -0.15) is 9.37 Å². The number of nitrogens with zero attached hydrogens (tertiary/aromatic N) is 6. The molecule has 1 aliphatic heterocycles. The van der Waals surface area contributed by atoms with Gasteiger partial charge in [-0.3, -0.25) is 15.1 Å². The minimum Gasteiger partial charge on any atom is -0.494 e. The molecule has 34 heavy (non-hydrogen) atoms. The van der Waals surface area contributed by atoms with Crippen molar-refractivity contribution in [2.45, 2.75) is 6.92 Å². The Hall–Kier alpha value is -3.77. The third-order valence-electron chi connectivity index (χ3n) is 5.28. The molecular formula is C22H20FN7O3S. The Balaban J connectivity index is 1.45. The van der Waals surface area contributed by atoms with Crippen molar-refractivity contribution >= 4 is 38.7 Å². The summed E-state index contributed by atoms with van der Waals surface area (Å²) >= 11 is 1.25. The first kappa shape index (κ1) is 22.0. The number of methoxy groups -OCH3 is 1. The molecule has 0 radical (unpaired) electrons. The first-order valence-electron chi connectivity index (χ1n) is 10.5. The van der Waals surface area contributed by atoms with Crippen LogP contribution in [0.25, 0.3) is 21.5 Å². The lowest BCUT2D eigenvalue weighted by Crippen LogP contribution is -2.37. The number of fused-ring (bicyclic) bond motifs is 1. The van der Waals surface area contributed by atoms with Gasteiger partial charge in [-0.25, -0.2) is 15.0 Å². The van der Waals surface area contributed by atoms with Crippen LogP contribution in [-0.2, 0) is 4.74 Å². The number of halogens is 1. The van der Waals surface area contributed by atoms with Gasteiger partial charge >= 0.3 is 0 Å². The average Bonchev–Trinajstić information content (AvgIpc) is 3.25. The largest absolute Gasteiger partial charge is 0.494 e. The Morgan fingerprint density at radius 1 is 1.12 bits per heavy atom. The molecule has 174 valence electrons. The van der Waals surface area contributed by atoms with E-state index < -0.39 is 11.9 Å². The lowest BCUT2D eigenvalue weighted by atomic mass is 10.0. The molecule has 0 bridgehead atoms. The quantitative estimate of drug-likeness (QED) is 0.429. The maximum atomic E-state index is 13.9. The van der Waals surface area contributed by atoms with Crippen molar-refractivity contribution in [2.24, 2.45) is 0 Å². The zero-order valence-corrected chi connectivity index (χ0v) is 19.2. The zero-order chi connectivity index (χ0) is 23.7. The number of morpholine rings is 1. The predicted molar refractivity (Wildman–Crippen MR) is 125 cm³/mol. The van der Waals surface area contributed by atoms with Crippen LogP contribution in [0.4, 0.5) is 15.5 Å². The summed E-state index contributed by atoms with van der Waals surface area (Å²) in [6.45, 7) is 4.48. The molecule has 0 aromatic carbocycles. The lowest BCUT2D eigenvalue weighted by Gasteiger charge is -2.26. The monoisotopic (exact) mass is 481 g/mol. The second kappa shape index (κ2) is 9.23. The van der Waals surface area contributed by atoms with Gasteiger partial charge in [0.15, 0.2) is 9.96 Å². The van der Waals surface area contributed by atoms with E-state index >= 15 is 0 Å². The molecule has 4 aromatic heterocycles. The fraction of sp³-hybridized carbons (Fsp3) is 0.273. The van der Waals surface area contributed by atoms with Crippen LogP contribution < -0.4 is 15.0 Å². The molecule has 5 rings (SSSR count). The Kier molecular flexibility index (Phi) is 5.99. The molecule has 0 atom stereocenters. The van der Waals surface area contributed by atoms with Gasteiger partial charge in [-0.15, -0.1) is 0 Å². The van der Waals surface area contributed by atoms with Crippen LogP contribution in [0.5, 0.6) is 5.75 Å². The Morgan fingerprint density at radius 3 is 2.74 bits per heavy atom. The smallest absolute Gasteiger partial charge is 0.259 e. The zero-order valence-electron chi connectivity index (χ0n) is 18.4. The summed E-state index contributed by atoms with van der Waals surface area (Å²) in [7, 11) is 1.46. The van der Waals surface area contributed by atoms with Crippen molar-refractivity contribution < 1.29 is 18.7 Å². The van der Waals surface area contributed by atoms with Gasteiger partial charge in [0.25, 0.3) is 5.91 Å². The number of carbonyl (C=O) groups excluding carboxylic acids is 1. The van der Waals surface area contributed by atoms with Crippen molar-refractivity contribution in [3.8, 4) is 16.9 Å². The maximum Gasteiger partial charge on any atom is 0.259 e. The third-order valence-corrected chi connectivity index (χ3v) is 6.16. The van der Waals surface area contributed by atoms with Crippen LogP contribution in [0.3, 0.4) is 0 Å². The second-order valence-corrected chi connectivity index (χ2v) is 8.49. The summed E-state index contributed by atoms with van der Waals surface area (Å²) in [6.07, 6.45) is 4.37. The first-order chi connectivity index (χ1) is 16.5. The van der Waals surface area contributed by atoms with E-state index in [1.165, 1.54) is 36.9 Å². The summed E-state index contributed by atoms with van der Waals surface area (Å²) in [4.78, 5) is 37.2. The molecule has 0 unspecified atom stereocenters. The van der Waals surface area contributed by atoms with Gasteiger partial charge in [0, 0.05) is 42.2 Å². The summed E-state index contributed by atoms with van der Waals surface area (Å²) in [6, 6.07) is 2.93. The molecule has 10 nitrogen and oxygen atoms in total. The number of anilines is 2. The molecular weight excluding hydrogens is 461 g/mol. The van der Waals surface area contributed by atoms with E-state index in [0.717, 1.165) is 13.1 Å². The number of amides is 1. The van der Waals surface area contributed by atoms with Crippen molar-refractivity contribution in [2.75, 3.05) is 43.6 Å². The number of hydrogen-bond donors (Lipinski definition) is 1. The lowest BCUT2D eigenvalue weighted by molar-refractivity contribution is 0.102. The van der Waals surface area contributed by atoms with Crippen LogP contribution in [0.2, 0.25) is 0 Å². The molecule has 12 heteroatoms. The topological polar surface area (TPSA) is 115 Å². The van der Waals surface area contributed by atoms with E-state index in [9.17, 15) is 9.18 Å². The van der Waals surface area contributed by atoms with E-state index in [4.69, 9.17) is 9.47 Å². The molecule has 1 aliphatic rings. The molecule has 0 spiro atoms. The summed E-state index contributed by atoms with van der Waals surface area (Å²) in [5.74, 6) is -0.180. The summed E-state index contributed by atoms with van der Waals surface area (Å²) < 4.78 is 24.6. The minimum absolute atomic E-state index is 0.244. The van der Waals surface area contributed by atoms with Gasteiger partial charge in [0.05, 0.1) is 38.3 Å². The van der Waals surface area contributed by atoms with E-state index in [1.54, 1.807) is 19.2 Å². The van der Waals surface area contributed by atoms with Crippen LogP contribution in [-0.4, -0.2) is 64.2 Å². The van der Waals surface area contributed by atoms with Gasteiger partial charge in [-0.05, 0) is 13.0 Å². The van der Waals surface area contributed by atoms with E-state index in [1.807, 2.05) is 4.90 Å². The summed E-state index contributed by atoms with van der Waals surface area (Å²) in [5, 5.41) is 3.17. The number of thiazole rings is 1. The SMILES string of the molecule is COc1cnc(F)cc1-c1cc(C)ncc1C(=O)Nc1nc2cnc(N3CCOCC3)nc2s1. The number of ether oxygens (including phenoxy) is 2. The van der Waals surface area contributed by atoms with Crippen LogP contribution >= 0.6 is 11.3 Å². The first-order valence-corrected chi connectivity index (χ1v) is 11.3. The number of hydrogen-bond acceptors (Lipinski definition) is 10. The highest BCUT2D eigenvalue weighted by Gasteiger charge is 2.20. The number of aromatic nitrogens is 5. The standard InChI is InChI=1S/C22H20FN7O3S/c1-12-7-13(14-8-18(23)25-11-17(14)32-2)15(9-24-12)19(31)28-22-27-16-10-26-21(29-20(16)34-22)30-3-5-33-6-4-30/h7-11H,3-6H2,1-2H3,(H,27,28,31). The van der Waals surface area contributed by atoms with E-state index in [-0.39, 0.29) is 5.56 Å². The minimum atomic E-state index is -0.683. The highest BCUT2D eigenvalue weighted by Crippen LogP contribution is 2.33. The summed E-state index contributed by atoms with van der Waals surface area (Å²) in [5.41, 5.74) is 2.36. The van der Waals surface area contributed by atoms with Gasteiger partial charge < -0.3 is 14.4 Å². The third kappa shape index (κ3) is 4.37. The number of carbonyl (C=O) groups is 1. The molecule has 1 saturated heterocycles. The van der Waals surface area contributed by atoms with Crippen molar-refractivity contribution in [3.05, 3.63) is 47.9 Å². The van der Waals surface area contributed by atoms with Gasteiger partial charge in [-0.1, -0.05) is 11.3 Å². The maximum absolute atomic E-state index is 13.9. The molecule has 4 aromatic rings. The highest BCUT2D eigenvalue weighted by molar-refractivity contribution is 7.22. The van der Waals surface area contributed by atoms with E-state index in [2.05, 4.69) is 30.2 Å². The van der Waals surface area contributed by atoms with Crippen molar-refractivity contribution in [1.82, 2.24) is 24.9 Å². The number of aryl methyl sites for hydroxylation is 1. The average molecular weight is 482 g/mol. The van der Waals surface area contributed by atoms with Crippen molar-refractivity contribution in [1.29, 1.82) is 0 Å². The predicted octanol–water partition coefficient (Wildman–Crippen LogP) is 3.09. The molecule has 1 amide bonds. The van der Waals surface area contributed by atoms with Crippen LogP contribution in [0, 0.1) is 12.9 Å². The fourth-order valence-electron chi connectivity index (χ4n) is 3.61. The van der Waals surface area contributed by atoms with Crippen LogP contribution in [0.1, 0.15) is 16.1 Å². The normalized spacial score (nSPS) is 13.8. The fourth-order valence-corrected chi connectivity index (χ4v) is 4.42.